The summed E-state index contributed by atoms with van der Waals surface area (Å²) in [6.45, 7) is 0. The molecule has 0 aliphatic heterocycles. The number of aromatic nitrogens is 2. The molecule has 0 unspecified atom stereocenters. The van der Waals surface area contributed by atoms with Crippen molar-refractivity contribution in [3.63, 3.8) is 0 Å². The number of carboxylic acid groups (broad SMARTS) is 1. The van der Waals surface area contributed by atoms with Crippen molar-refractivity contribution in [2.75, 3.05) is 0 Å². The van der Waals surface area contributed by atoms with E-state index in [2.05, 4.69) is 10.2 Å². The molecule has 1 heterocycles. The van der Waals surface area contributed by atoms with Gasteiger partial charge in [-0.2, -0.15) is 5.10 Å². The van der Waals surface area contributed by atoms with Gasteiger partial charge in [-0.25, -0.2) is 4.79 Å². The van der Waals surface area contributed by atoms with Crippen molar-refractivity contribution in [2.24, 2.45) is 0 Å². The Bertz CT molecular complexity index is 232. The zero-order valence-corrected chi connectivity index (χ0v) is 6.42. The molecule has 0 radical (unpaired) electrons. The van der Waals surface area contributed by atoms with Crippen molar-refractivity contribution in [1.82, 2.24) is 10.2 Å². The maximum absolute atomic E-state index is 10.2. The van der Waals surface area contributed by atoms with Gasteiger partial charge in [0, 0.05) is 6.20 Å². The first-order chi connectivity index (χ1) is 4.22. The molecule has 0 aliphatic rings. The average molecular weight is 238 g/mol. The summed E-state index contributed by atoms with van der Waals surface area (Å²) >= 11 is 1.85. The van der Waals surface area contributed by atoms with Gasteiger partial charge in [-0.1, -0.05) is 0 Å². The van der Waals surface area contributed by atoms with E-state index >= 15 is 0 Å². The quantitative estimate of drug-likeness (QED) is 0.708. The summed E-state index contributed by atoms with van der Waals surface area (Å²) < 4.78 is 0.486. The highest BCUT2D eigenvalue weighted by Crippen LogP contribution is 2.05. The second-order valence-electron chi connectivity index (χ2n) is 1.39. The Morgan fingerprint density at radius 1 is 1.89 bits per heavy atom. The van der Waals surface area contributed by atoms with Gasteiger partial charge >= 0.3 is 5.97 Å². The van der Waals surface area contributed by atoms with Crippen LogP contribution in [-0.4, -0.2) is 21.3 Å². The summed E-state index contributed by atoms with van der Waals surface area (Å²) in [7, 11) is 0. The fourth-order valence-corrected chi connectivity index (χ4v) is 0.949. The molecule has 0 saturated heterocycles. The molecule has 0 aromatic carbocycles. The van der Waals surface area contributed by atoms with E-state index in [0.29, 0.717) is 3.70 Å². The number of carbonyl (C=O) groups is 1. The Kier molecular flexibility index (Phi) is 1.70. The van der Waals surface area contributed by atoms with Crippen LogP contribution in [0.5, 0.6) is 0 Å². The number of aromatic carboxylic acids is 1. The first-order valence-corrected chi connectivity index (χ1v) is 3.22. The lowest BCUT2D eigenvalue weighted by Gasteiger charge is -1.82. The van der Waals surface area contributed by atoms with Gasteiger partial charge in [0.1, 0.15) is 9.26 Å². The second kappa shape index (κ2) is 2.34. The summed E-state index contributed by atoms with van der Waals surface area (Å²) in [6.07, 6.45) is 1.35. The summed E-state index contributed by atoms with van der Waals surface area (Å²) in [5.41, 5.74) is 0.218. The molecule has 1 aromatic rings. The van der Waals surface area contributed by atoms with E-state index in [0.717, 1.165) is 0 Å². The maximum atomic E-state index is 10.2. The smallest absolute Gasteiger partial charge is 0.340 e. The van der Waals surface area contributed by atoms with Crippen LogP contribution in [0.2, 0.25) is 0 Å². The number of aromatic amines is 1. The van der Waals surface area contributed by atoms with Gasteiger partial charge in [-0.3, -0.25) is 5.10 Å². The normalized spacial score (nSPS) is 9.44. The van der Waals surface area contributed by atoms with Crippen LogP contribution in [0.4, 0.5) is 0 Å². The molecule has 5 heteroatoms. The monoisotopic (exact) mass is 238 g/mol. The van der Waals surface area contributed by atoms with Crippen LogP contribution in [0.3, 0.4) is 0 Å². The Hall–Kier alpha value is -0.590. The molecule has 9 heavy (non-hydrogen) atoms. The summed E-state index contributed by atoms with van der Waals surface area (Å²) in [6, 6.07) is 0. The van der Waals surface area contributed by atoms with Gasteiger partial charge in [-0.15, -0.1) is 0 Å². The van der Waals surface area contributed by atoms with Crippen molar-refractivity contribution < 1.29 is 9.90 Å². The molecular weight excluding hydrogens is 235 g/mol. The summed E-state index contributed by atoms with van der Waals surface area (Å²) in [5.74, 6) is -0.951. The minimum absolute atomic E-state index is 0.218. The van der Waals surface area contributed by atoms with Crippen molar-refractivity contribution in [3.05, 3.63) is 15.5 Å². The topological polar surface area (TPSA) is 66.0 Å². The molecule has 0 fully saturated rings. The lowest BCUT2D eigenvalue weighted by Crippen LogP contribution is -1.95. The van der Waals surface area contributed by atoms with Crippen molar-refractivity contribution in [1.29, 1.82) is 0 Å². The molecule has 0 aliphatic carbocycles. The van der Waals surface area contributed by atoms with E-state index in [4.69, 9.17) is 5.11 Å². The fraction of sp³-hybridized carbons (Fsp3) is 0. The van der Waals surface area contributed by atoms with Crippen LogP contribution in [0, 0.1) is 3.70 Å². The number of rotatable bonds is 1. The van der Waals surface area contributed by atoms with Gasteiger partial charge in [0.25, 0.3) is 0 Å². The van der Waals surface area contributed by atoms with Crippen LogP contribution in [-0.2, 0) is 0 Å². The molecule has 0 spiro atoms. The molecule has 0 amide bonds. The van der Waals surface area contributed by atoms with Gasteiger partial charge < -0.3 is 5.11 Å². The third-order valence-electron chi connectivity index (χ3n) is 0.824. The standard InChI is InChI=1S/C4H3IN2O2/c5-3-2(4(8)9)1-6-7-3/h1H,(H,6,7)(H,8,9). The molecule has 0 saturated carbocycles. The molecule has 1 aromatic heterocycles. The number of nitrogens with zero attached hydrogens (tertiary/aromatic N) is 1. The Labute approximate surface area is 64.4 Å². The van der Waals surface area contributed by atoms with Gasteiger partial charge in [0.15, 0.2) is 0 Å². The second-order valence-corrected chi connectivity index (χ2v) is 2.42. The predicted octanol–water partition coefficient (Wildman–Crippen LogP) is 0.713. The Balaban J connectivity index is 3.08. The number of hydrogen-bond acceptors (Lipinski definition) is 2. The van der Waals surface area contributed by atoms with Gasteiger partial charge in [0.2, 0.25) is 0 Å². The van der Waals surface area contributed by atoms with E-state index in [1.165, 1.54) is 6.20 Å². The van der Waals surface area contributed by atoms with E-state index in [-0.39, 0.29) is 5.56 Å². The zero-order chi connectivity index (χ0) is 6.85. The molecule has 0 bridgehead atoms. The molecular formula is C4H3IN2O2. The Morgan fingerprint density at radius 2 is 2.56 bits per heavy atom. The molecule has 4 nitrogen and oxygen atoms in total. The van der Waals surface area contributed by atoms with E-state index in [1.54, 1.807) is 0 Å². The summed E-state index contributed by atoms with van der Waals surface area (Å²) in [4.78, 5) is 10.2. The van der Waals surface area contributed by atoms with Crippen LogP contribution >= 0.6 is 22.6 Å². The predicted molar refractivity (Wildman–Crippen MR) is 38.3 cm³/mol. The largest absolute Gasteiger partial charge is 0.478 e. The minimum atomic E-state index is -0.951. The van der Waals surface area contributed by atoms with Crippen molar-refractivity contribution in [3.8, 4) is 0 Å². The molecule has 1 rings (SSSR count). The Morgan fingerprint density at radius 3 is 2.78 bits per heavy atom. The third kappa shape index (κ3) is 1.21. The first-order valence-electron chi connectivity index (χ1n) is 2.14. The van der Waals surface area contributed by atoms with E-state index in [1.807, 2.05) is 22.6 Å². The fourth-order valence-electron chi connectivity index (χ4n) is 0.423. The molecule has 48 valence electrons. The maximum Gasteiger partial charge on any atom is 0.340 e. The summed E-state index contributed by atoms with van der Waals surface area (Å²) in [5, 5.41) is 14.4. The number of halogens is 1. The van der Waals surface area contributed by atoms with Gasteiger partial charge in [0.05, 0.1) is 0 Å². The van der Waals surface area contributed by atoms with Crippen LogP contribution in [0.1, 0.15) is 10.4 Å². The van der Waals surface area contributed by atoms with Crippen molar-refractivity contribution >= 4 is 28.6 Å². The number of nitrogens with one attached hydrogen (secondary N) is 1. The lowest BCUT2D eigenvalue weighted by molar-refractivity contribution is 0.0696. The molecule has 0 atom stereocenters. The lowest BCUT2D eigenvalue weighted by atomic mass is 10.4. The highest BCUT2D eigenvalue weighted by atomic mass is 127. The number of H-pyrrole nitrogens is 1. The highest BCUT2D eigenvalue weighted by molar-refractivity contribution is 14.1. The number of carboxylic acids is 1. The average Bonchev–Trinajstić information content (AvgIpc) is 2.13. The first kappa shape index (κ1) is 6.53. The van der Waals surface area contributed by atoms with Crippen LogP contribution in [0.15, 0.2) is 6.20 Å². The highest BCUT2D eigenvalue weighted by Gasteiger charge is 2.08. The molecule has 2 N–H and O–H groups in total. The van der Waals surface area contributed by atoms with Gasteiger partial charge in [-0.05, 0) is 22.6 Å². The van der Waals surface area contributed by atoms with E-state index in [9.17, 15) is 4.79 Å². The van der Waals surface area contributed by atoms with Crippen LogP contribution in [0.25, 0.3) is 0 Å². The van der Waals surface area contributed by atoms with Crippen molar-refractivity contribution in [2.45, 2.75) is 0 Å². The van der Waals surface area contributed by atoms with E-state index < -0.39 is 5.97 Å². The number of hydrogen-bond donors (Lipinski definition) is 2. The minimum Gasteiger partial charge on any atom is -0.478 e. The van der Waals surface area contributed by atoms with Crippen LogP contribution < -0.4 is 0 Å². The zero-order valence-electron chi connectivity index (χ0n) is 4.26. The third-order valence-corrected chi connectivity index (χ3v) is 1.65. The SMILES string of the molecule is O=C(O)c1c[nH]nc1I.